The number of aromatic nitrogens is 2. The average Bonchev–Trinajstić information content (AvgIpc) is 3.07. The first kappa shape index (κ1) is 18.9. The number of nitrogens with zero attached hydrogens (tertiary/aromatic N) is 2. The van der Waals surface area contributed by atoms with E-state index in [0.29, 0.717) is 21.0 Å². The fraction of sp³-hybridized carbons (Fsp3) is 0.368. The van der Waals surface area contributed by atoms with Crippen LogP contribution in [0.4, 0.5) is 0 Å². The van der Waals surface area contributed by atoms with Gasteiger partial charge in [0.15, 0.2) is 0 Å². The Labute approximate surface area is 160 Å². The van der Waals surface area contributed by atoms with Crippen LogP contribution in [0.25, 0.3) is 10.2 Å². The van der Waals surface area contributed by atoms with E-state index >= 15 is 0 Å². The van der Waals surface area contributed by atoms with Gasteiger partial charge in [0.2, 0.25) is 0 Å². The zero-order chi connectivity index (χ0) is 18.8. The van der Waals surface area contributed by atoms with Crippen LogP contribution in [0, 0.1) is 6.92 Å². The van der Waals surface area contributed by atoms with Crippen molar-refractivity contribution in [1.82, 2.24) is 9.55 Å². The summed E-state index contributed by atoms with van der Waals surface area (Å²) in [6.45, 7) is 6.24. The van der Waals surface area contributed by atoms with Crippen LogP contribution in [0.15, 0.2) is 34.7 Å². The number of aliphatic hydroxyl groups excluding tert-OH is 1. The summed E-state index contributed by atoms with van der Waals surface area (Å²) in [6.07, 6.45) is 0.637. The summed E-state index contributed by atoms with van der Waals surface area (Å²) in [5.74, 6) is 0.952. The van der Waals surface area contributed by atoms with Crippen LogP contribution in [-0.4, -0.2) is 27.4 Å². The van der Waals surface area contributed by atoms with E-state index in [1.54, 1.807) is 6.07 Å². The van der Waals surface area contributed by atoms with Gasteiger partial charge in [-0.15, -0.1) is 11.3 Å². The van der Waals surface area contributed by atoms with Crippen molar-refractivity contribution < 1.29 is 9.84 Å². The van der Waals surface area contributed by atoms with Crippen LogP contribution in [0.2, 0.25) is 5.02 Å². The molecule has 138 valence electrons. The summed E-state index contributed by atoms with van der Waals surface area (Å²) in [7, 11) is 0. The van der Waals surface area contributed by atoms with Gasteiger partial charge in [-0.2, -0.15) is 0 Å². The van der Waals surface area contributed by atoms with Crippen molar-refractivity contribution in [3.63, 3.8) is 0 Å². The Hall–Kier alpha value is -1.89. The Morgan fingerprint density at radius 3 is 2.88 bits per heavy atom. The molecule has 0 aliphatic heterocycles. The van der Waals surface area contributed by atoms with Crippen molar-refractivity contribution in [2.75, 3.05) is 6.61 Å². The lowest BCUT2D eigenvalue weighted by molar-refractivity contribution is 0.0908. The third kappa shape index (κ3) is 3.92. The fourth-order valence-corrected chi connectivity index (χ4v) is 3.63. The minimum Gasteiger partial charge on any atom is -0.491 e. The number of thiophene rings is 1. The molecule has 7 heteroatoms. The van der Waals surface area contributed by atoms with Gasteiger partial charge in [-0.05, 0) is 47.5 Å². The van der Waals surface area contributed by atoms with Crippen LogP contribution in [0.1, 0.15) is 30.9 Å². The number of aliphatic hydroxyl groups is 1. The predicted octanol–water partition coefficient (Wildman–Crippen LogP) is 3.98. The lowest BCUT2D eigenvalue weighted by atomic mass is 10.0. The van der Waals surface area contributed by atoms with Crippen LogP contribution < -0.4 is 10.3 Å². The lowest BCUT2D eigenvalue weighted by Gasteiger charge is -2.18. The molecule has 2 heterocycles. The minimum absolute atomic E-state index is 0.0783. The molecule has 0 fully saturated rings. The number of hydrogen-bond acceptors (Lipinski definition) is 5. The van der Waals surface area contributed by atoms with E-state index in [4.69, 9.17) is 16.3 Å². The Kier molecular flexibility index (Phi) is 5.65. The van der Waals surface area contributed by atoms with Gasteiger partial charge in [-0.3, -0.25) is 9.36 Å². The predicted molar refractivity (Wildman–Crippen MR) is 106 cm³/mol. The van der Waals surface area contributed by atoms with Gasteiger partial charge >= 0.3 is 0 Å². The zero-order valence-corrected chi connectivity index (χ0v) is 16.5. The number of halogens is 1. The van der Waals surface area contributed by atoms with Gasteiger partial charge in [0.05, 0.1) is 18.3 Å². The van der Waals surface area contributed by atoms with Gasteiger partial charge in [-0.25, -0.2) is 4.98 Å². The van der Waals surface area contributed by atoms with Crippen molar-refractivity contribution in [3.05, 3.63) is 56.4 Å². The Bertz CT molecular complexity index is 981. The summed E-state index contributed by atoms with van der Waals surface area (Å²) in [4.78, 5) is 17.3. The highest BCUT2D eigenvalue weighted by molar-refractivity contribution is 7.16. The maximum absolute atomic E-state index is 12.4. The molecule has 0 saturated heterocycles. The second-order valence-electron chi connectivity index (χ2n) is 6.60. The molecule has 0 radical (unpaired) electrons. The maximum atomic E-state index is 12.4. The van der Waals surface area contributed by atoms with Crippen molar-refractivity contribution in [1.29, 1.82) is 0 Å². The summed E-state index contributed by atoms with van der Waals surface area (Å²) in [5, 5.41) is 13.4. The summed E-state index contributed by atoms with van der Waals surface area (Å²) < 4.78 is 7.25. The third-order valence-electron chi connectivity index (χ3n) is 4.20. The van der Waals surface area contributed by atoms with Crippen molar-refractivity contribution in [2.45, 2.75) is 39.3 Å². The number of benzene rings is 1. The number of fused-ring (bicyclic) bond motifs is 1. The fourth-order valence-electron chi connectivity index (χ4n) is 2.74. The third-order valence-corrected chi connectivity index (χ3v) is 5.43. The first-order valence-corrected chi connectivity index (χ1v) is 9.66. The standard InChI is InChI=1S/C19H21ClN2O3S/c1-11(2)15-7-16(20)12(3)6-17(15)25-9-13(23)8-22-10-21-18-14(19(22)24)4-5-26-18/h4-7,10-11,13,23H,8-9H2,1-3H3. The summed E-state index contributed by atoms with van der Waals surface area (Å²) in [5.41, 5.74) is 1.76. The van der Waals surface area contributed by atoms with E-state index in [1.165, 1.54) is 22.2 Å². The van der Waals surface area contributed by atoms with E-state index < -0.39 is 6.10 Å². The second kappa shape index (κ2) is 7.78. The monoisotopic (exact) mass is 392 g/mol. The molecule has 1 N–H and O–H groups in total. The molecule has 1 aromatic carbocycles. The van der Waals surface area contributed by atoms with Crippen LogP contribution in [0.5, 0.6) is 5.75 Å². The van der Waals surface area contributed by atoms with E-state index in [2.05, 4.69) is 18.8 Å². The summed E-state index contributed by atoms with van der Waals surface area (Å²) in [6, 6.07) is 5.54. The van der Waals surface area contributed by atoms with Crippen molar-refractivity contribution >= 4 is 33.2 Å². The maximum Gasteiger partial charge on any atom is 0.262 e. The van der Waals surface area contributed by atoms with Gasteiger partial charge in [0, 0.05) is 5.02 Å². The van der Waals surface area contributed by atoms with E-state index in [0.717, 1.165) is 11.1 Å². The largest absolute Gasteiger partial charge is 0.491 e. The highest BCUT2D eigenvalue weighted by Crippen LogP contribution is 2.32. The van der Waals surface area contributed by atoms with Gasteiger partial charge < -0.3 is 9.84 Å². The molecule has 0 aliphatic rings. The molecule has 1 unspecified atom stereocenters. The van der Waals surface area contributed by atoms with Gasteiger partial charge in [-0.1, -0.05) is 25.4 Å². The number of hydrogen-bond donors (Lipinski definition) is 1. The SMILES string of the molecule is Cc1cc(OCC(O)Cn2cnc3sccc3c2=O)c(C(C)C)cc1Cl. The van der Waals surface area contributed by atoms with Crippen molar-refractivity contribution in [3.8, 4) is 5.75 Å². The molecule has 3 aromatic rings. The van der Waals surface area contributed by atoms with Gasteiger partial charge in [0.1, 0.15) is 23.3 Å². The van der Waals surface area contributed by atoms with E-state index in [1.807, 2.05) is 24.4 Å². The quantitative estimate of drug-likeness (QED) is 0.689. The molecule has 0 spiro atoms. The zero-order valence-electron chi connectivity index (χ0n) is 14.9. The summed E-state index contributed by atoms with van der Waals surface area (Å²) >= 11 is 7.63. The highest BCUT2D eigenvalue weighted by atomic mass is 35.5. The number of rotatable bonds is 6. The normalized spacial score (nSPS) is 12.7. The smallest absolute Gasteiger partial charge is 0.262 e. The Morgan fingerprint density at radius 1 is 1.38 bits per heavy atom. The molecule has 0 aliphatic carbocycles. The molecule has 0 amide bonds. The van der Waals surface area contributed by atoms with Crippen molar-refractivity contribution in [2.24, 2.45) is 0 Å². The topological polar surface area (TPSA) is 64.3 Å². The number of ether oxygens (including phenoxy) is 1. The molecule has 2 aromatic heterocycles. The first-order chi connectivity index (χ1) is 12.4. The molecule has 0 saturated carbocycles. The van der Waals surface area contributed by atoms with Crippen LogP contribution in [-0.2, 0) is 6.54 Å². The average molecular weight is 393 g/mol. The molecular weight excluding hydrogens is 372 g/mol. The Morgan fingerprint density at radius 2 is 2.15 bits per heavy atom. The van der Waals surface area contributed by atoms with Crippen LogP contribution in [0.3, 0.4) is 0 Å². The Balaban J connectivity index is 1.72. The van der Waals surface area contributed by atoms with Crippen LogP contribution >= 0.6 is 22.9 Å². The lowest BCUT2D eigenvalue weighted by Crippen LogP contribution is -2.30. The molecule has 26 heavy (non-hydrogen) atoms. The minimum atomic E-state index is -0.832. The van der Waals surface area contributed by atoms with E-state index in [-0.39, 0.29) is 24.6 Å². The molecule has 1 atom stereocenters. The molecular formula is C19H21ClN2O3S. The molecule has 3 rings (SSSR count). The second-order valence-corrected chi connectivity index (χ2v) is 7.90. The van der Waals surface area contributed by atoms with Gasteiger partial charge in [0.25, 0.3) is 5.56 Å². The first-order valence-electron chi connectivity index (χ1n) is 8.40. The van der Waals surface area contributed by atoms with E-state index in [9.17, 15) is 9.90 Å². The molecule has 0 bridgehead atoms. The molecule has 5 nitrogen and oxygen atoms in total. The number of aryl methyl sites for hydroxylation is 1. The highest BCUT2D eigenvalue weighted by Gasteiger charge is 2.14.